The Labute approximate surface area is 206 Å². The molecule has 0 radical (unpaired) electrons. The molecule has 5 rings (SSSR count). The molecule has 2 aromatic carbocycles. The number of hydrogen-bond donors (Lipinski definition) is 1. The summed E-state index contributed by atoms with van der Waals surface area (Å²) in [7, 11) is 0. The highest BCUT2D eigenvalue weighted by atomic mass is 35.5. The Balaban J connectivity index is 1.36. The molecule has 0 saturated heterocycles. The fourth-order valence-corrected chi connectivity index (χ4v) is 5.57. The third-order valence-electron chi connectivity index (χ3n) is 5.92. The SMILES string of the molecule is O=C(NC1=CC=C(C(=O)N2Cc3sccc3Cc3ccccc32)CC1)c1ccc(Cl)cc1Cl. The summed E-state index contributed by atoms with van der Waals surface area (Å²) in [6.07, 6.45) is 5.57. The van der Waals surface area contributed by atoms with Crippen LogP contribution in [0.25, 0.3) is 0 Å². The molecule has 166 valence electrons. The minimum Gasteiger partial charge on any atom is -0.326 e. The summed E-state index contributed by atoms with van der Waals surface area (Å²) in [5.74, 6) is -0.288. The molecule has 0 bridgehead atoms. The summed E-state index contributed by atoms with van der Waals surface area (Å²) >= 11 is 13.8. The Morgan fingerprint density at radius 1 is 0.970 bits per heavy atom. The maximum absolute atomic E-state index is 13.5. The van der Waals surface area contributed by atoms with Crippen molar-refractivity contribution in [2.24, 2.45) is 0 Å². The van der Waals surface area contributed by atoms with Gasteiger partial charge in [-0.3, -0.25) is 9.59 Å². The van der Waals surface area contributed by atoms with Crippen LogP contribution in [0.3, 0.4) is 0 Å². The number of halogens is 2. The third kappa shape index (κ3) is 4.49. The van der Waals surface area contributed by atoms with E-state index in [2.05, 4.69) is 22.8 Å². The number of para-hydroxylation sites is 1. The van der Waals surface area contributed by atoms with Crippen LogP contribution in [-0.2, 0) is 17.8 Å². The molecule has 0 fully saturated rings. The first-order valence-corrected chi connectivity index (χ1v) is 12.2. The highest BCUT2D eigenvalue weighted by Crippen LogP contribution is 2.34. The number of fused-ring (bicyclic) bond motifs is 2. The number of carbonyl (C=O) groups excluding carboxylic acids is 2. The first-order valence-electron chi connectivity index (χ1n) is 10.6. The Bertz CT molecular complexity index is 1330. The van der Waals surface area contributed by atoms with Gasteiger partial charge in [-0.05, 0) is 65.8 Å². The zero-order valence-electron chi connectivity index (χ0n) is 17.6. The van der Waals surface area contributed by atoms with Crippen LogP contribution in [0.15, 0.2) is 77.3 Å². The number of amides is 2. The van der Waals surface area contributed by atoms with Gasteiger partial charge >= 0.3 is 0 Å². The lowest BCUT2D eigenvalue weighted by Gasteiger charge is -2.25. The summed E-state index contributed by atoms with van der Waals surface area (Å²) < 4.78 is 0. The lowest BCUT2D eigenvalue weighted by Crippen LogP contribution is -2.32. The van der Waals surface area contributed by atoms with E-state index in [1.807, 2.05) is 29.2 Å². The van der Waals surface area contributed by atoms with Crippen molar-refractivity contribution in [3.63, 3.8) is 0 Å². The van der Waals surface area contributed by atoms with Gasteiger partial charge in [-0.25, -0.2) is 0 Å². The second kappa shape index (κ2) is 9.18. The van der Waals surface area contributed by atoms with Crippen molar-refractivity contribution in [3.05, 3.63) is 109 Å². The van der Waals surface area contributed by atoms with Gasteiger partial charge in [0.15, 0.2) is 0 Å². The number of allylic oxidation sites excluding steroid dienone is 3. The van der Waals surface area contributed by atoms with Gasteiger partial charge < -0.3 is 10.2 Å². The minimum atomic E-state index is -0.294. The molecule has 3 aromatic rings. The summed E-state index contributed by atoms with van der Waals surface area (Å²) in [6.45, 7) is 0.572. The third-order valence-corrected chi connectivity index (χ3v) is 7.42. The number of benzene rings is 2. The van der Waals surface area contributed by atoms with Crippen LogP contribution in [0, 0.1) is 0 Å². The molecule has 33 heavy (non-hydrogen) atoms. The van der Waals surface area contributed by atoms with Crippen LogP contribution in [-0.4, -0.2) is 11.8 Å². The molecular weight excluding hydrogens is 475 g/mol. The lowest BCUT2D eigenvalue weighted by molar-refractivity contribution is -0.115. The fraction of sp³-hybridized carbons (Fsp3) is 0.154. The molecule has 0 saturated carbocycles. The molecule has 2 aliphatic rings. The van der Waals surface area contributed by atoms with Gasteiger partial charge in [-0.2, -0.15) is 0 Å². The summed E-state index contributed by atoms with van der Waals surface area (Å²) in [5.41, 5.74) is 5.24. The molecule has 0 unspecified atom stereocenters. The maximum Gasteiger partial charge on any atom is 0.256 e. The molecular formula is C26H20Cl2N2O2S. The number of thiophene rings is 1. The monoisotopic (exact) mass is 494 g/mol. The van der Waals surface area contributed by atoms with Crippen LogP contribution >= 0.6 is 34.5 Å². The van der Waals surface area contributed by atoms with E-state index in [4.69, 9.17) is 23.2 Å². The van der Waals surface area contributed by atoms with Gasteiger partial charge in [-0.1, -0.05) is 47.5 Å². The minimum absolute atomic E-state index is 0.00562. The highest BCUT2D eigenvalue weighted by molar-refractivity contribution is 7.10. The van der Waals surface area contributed by atoms with Gasteiger partial charge in [0.1, 0.15) is 0 Å². The standard InChI is InChI=1S/C26H20Cl2N2O2S/c27-19-7-10-21(22(28)14-19)25(31)29-20-8-5-16(6-9-20)26(32)30-15-24-18(11-12-33-24)13-17-3-1-2-4-23(17)30/h1-5,7-8,10-12,14H,6,9,13,15H2,(H,29,31). The summed E-state index contributed by atoms with van der Waals surface area (Å²) in [6, 6.07) is 15.0. The van der Waals surface area contributed by atoms with E-state index in [1.54, 1.807) is 35.6 Å². The van der Waals surface area contributed by atoms with Crippen LogP contribution in [0.4, 0.5) is 5.69 Å². The van der Waals surface area contributed by atoms with Gasteiger partial charge in [0.25, 0.3) is 11.8 Å². The molecule has 0 spiro atoms. The number of carbonyl (C=O) groups is 2. The average molecular weight is 495 g/mol. The van der Waals surface area contributed by atoms with E-state index in [9.17, 15) is 9.59 Å². The normalized spacial score (nSPS) is 15.0. The van der Waals surface area contributed by atoms with Crippen molar-refractivity contribution in [3.8, 4) is 0 Å². The second-order valence-corrected chi connectivity index (χ2v) is 9.87. The zero-order chi connectivity index (χ0) is 22.9. The molecule has 2 amide bonds. The Hall–Kier alpha value is -2.86. The van der Waals surface area contributed by atoms with Crippen molar-refractivity contribution in [2.75, 3.05) is 4.90 Å². The summed E-state index contributed by atoms with van der Waals surface area (Å²) in [4.78, 5) is 29.2. The Morgan fingerprint density at radius 2 is 1.82 bits per heavy atom. The highest BCUT2D eigenvalue weighted by Gasteiger charge is 2.27. The van der Waals surface area contributed by atoms with Gasteiger partial charge in [0.05, 0.1) is 17.1 Å². The molecule has 1 N–H and O–H groups in total. The molecule has 1 aromatic heterocycles. The smallest absolute Gasteiger partial charge is 0.256 e. The number of rotatable bonds is 3. The van der Waals surface area contributed by atoms with Crippen LogP contribution in [0.2, 0.25) is 10.0 Å². The van der Waals surface area contributed by atoms with Crippen molar-refractivity contribution in [2.45, 2.75) is 25.8 Å². The predicted octanol–water partition coefficient (Wildman–Crippen LogP) is 6.53. The van der Waals surface area contributed by atoms with Crippen LogP contribution < -0.4 is 10.2 Å². The van der Waals surface area contributed by atoms with Gasteiger partial charge in [0, 0.05) is 33.3 Å². The molecule has 1 aliphatic carbocycles. The average Bonchev–Trinajstić information content (AvgIpc) is 3.18. The molecule has 4 nitrogen and oxygen atoms in total. The van der Waals surface area contributed by atoms with Crippen molar-refractivity contribution in [1.82, 2.24) is 5.32 Å². The summed E-state index contributed by atoms with van der Waals surface area (Å²) in [5, 5.41) is 5.76. The molecule has 7 heteroatoms. The van der Waals surface area contributed by atoms with Crippen molar-refractivity contribution in [1.29, 1.82) is 0 Å². The van der Waals surface area contributed by atoms with Crippen molar-refractivity contribution >= 4 is 52.0 Å². The van der Waals surface area contributed by atoms with Crippen molar-refractivity contribution < 1.29 is 9.59 Å². The van der Waals surface area contributed by atoms with E-state index in [1.165, 1.54) is 10.4 Å². The van der Waals surface area contributed by atoms with E-state index in [-0.39, 0.29) is 11.8 Å². The number of nitrogens with zero attached hydrogens (tertiary/aromatic N) is 1. The van der Waals surface area contributed by atoms with E-state index >= 15 is 0 Å². The quantitative estimate of drug-likeness (QED) is 0.450. The molecule has 1 aliphatic heterocycles. The molecule has 2 heterocycles. The molecule has 0 atom stereocenters. The van der Waals surface area contributed by atoms with Crippen LogP contribution in [0.5, 0.6) is 0 Å². The largest absolute Gasteiger partial charge is 0.326 e. The first-order chi connectivity index (χ1) is 16.0. The second-order valence-electron chi connectivity index (χ2n) is 8.03. The number of anilines is 1. The first kappa shape index (κ1) is 22.0. The predicted molar refractivity (Wildman–Crippen MR) is 134 cm³/mol. The van der Waals surface area contributed by atoms with E-state index in [0.29, 0.717) is 35.0 Å². The zero-order valence-corrected chi connectivity index (χ0v) is 19.9. The van der Waals surface area contributed by atoms with Gasteiger partial charge in [-0.15, -0.1) is 11.3 Å². The fourth-order valence-electron chi connectivity index (χ4n) is 4.18. The van der Waals surface area contributed by atoms with E-state index in [0.717, 1.165) is 28.9 Å². The number of hydrogen-bond acceptors (Lipinski definition) is 3. The number of nitrogens with one attached hydrogen (secondary N) is 1. The topological polar surface area (TPSA) is 49.4 Å². The van der Waals surface area contributed by atoms with Crippen LogP contribution in [0.1, 0.15) is 39.2 Å². The van der Waals surface area contributed by atoms with E-state index < -0.39 is 0 Å². The van der Waals surface area contributed by atoms with Gasteiger partial charge in [0.2, 0.25) is 0 Å². The maximum atomic E-state index is 13.5. The Morgan fingerprint density at radius 3 is 2.61 bits per heavy atom. The Kier molecular flexibility index (Phi) is 6.11. The lowest BCUT2D eigenvalue weighted by atomic mass is 10.00.